The third kappa shape index (κ3) is 8.94. The molecule has 1 aliphatic carbocycles. The molecule has 0 heterocycles. The molecule has 1 aromatic rings. The molecule has 1 fully saturated rings. The van der Waals surface area contributed by atoms with Gasteiger partial charge in [0.15, 0.2) is 0 Å². The zero-order chi connectivity index (χ0) is 24.5. The molecule has 0 spiro atoms. The van der Waals surface area contributed by atoms with E-state index in [0.717, 1.165) is 31.2 Å². The van der Waals surface area contributed by atoms with Gasteiger partial charge in [-0.2, -0.15) is 0 Å². The third-order valence-corrected chi connectivity index (χ3v) is 6.06. The van der Waals surface area contributed by atoms with Crippen molar-refractivity contribution >= 4 is 18.2 Å². The fourth-order valence-electron chi connectivity index (χ4n) is 4.11. The fourth-order valence-corrected chi connectivity index (χ4v) is 4.11. The van der Waals surface area contributed by atoms with Crippen LogP contribution >= 0.6 is 0 Å². The molecule has 0 bridgehead atoms. The van der Waals surface area contributed by atoms with Crippen LogP contribution in [0.1, 0.15) is 65.4 Å². The first kappa shape index (κ1) is 26.5. The summed E-state index contributed by atoms with van der Waals surface area (Å²) in [7, 11) is 1.35. The van der Waals surface area contributed by atoms with E-state index >= 15 is 0 Å². The molecule has 2 amide bonds. The number of ether oxygens (including phenoxy) is 3. The summed E-state index contributed by atoms with van der Waals surface area (Å²) in [4.78, 5) is 36.8. The van der Waals surface area contributed by atoms with E-state index in [0.29, 0.717) is 13.0 Å². The minimum atomic E-state index is -0.624. The van der Waals surface area contributed by atoms with Crippen molar-refractivity contribution in [2.24, 2.45) is 11.3 Å². The van der Waals surface area contributed by atoms with Crippen molar-refractivity contribution in [3.05, 3.63) is 35.9 Å². The number of methoxy groups -OCH3 is 1. The lowest BCUT2D eigenvalue weighted by molar-refractivity contribution is -0.148. The summed E-state index contributed by atoms with van der Waals surface area (Å²) in [6.07, 6.45) is 3.26. The van der Waals surface area contributed by atoms with Gasteiger partial charge in [0.05, 0.1) is 13.0 Å². The number of carbonyl (C=O) groups excluding carboxylic acids is 3. The SMILES string of the molecule is COC(=O)[C@@H](CC1(CCNC(=O)OCc2ccccc2)CCC1)[C@@H](C)NC(=O)OC(C)(C)C. The lowest BCUT2D eigenvalue weighted by atomic mass is 9.61. The van der Waals surface area contributed by atoms with Crippen LogP contribution in [0.3, 0.4) is 0 Å². The zero-order valence-corrected chi connectivity index (χ0v) is 20.4. The van der Waals surface area contributed by atoms with Crippen LogP contribution in [0.5, 0.6) is 0 Å². The number of hydrogen-bond acceptors (Lipinski definition) is 6. The van der Waals surface area contributed by atoms with Crippen molar-refractivity contribution < 1.29 is 28.6 Å². The summed E-state index contributed by atoms with van der Waals surface area (Å²) in [5.41, 5.74) is 0.214. The van der Waals surface area contributed by atoms with Gasteiger partial charge in [-0.1, -0.05) is 36.8 Å². The van der Waals surface area contributed by atoms with Crippen LogP contribution in [-0.2, 0) is 25.6 Å². The molecule has 33 heavy (non-hydrogen) atoms. The van der Waals surface area contributed by atoms with E-state index < -0.39 is 29.7 Å². The molecule has 184 valence electrons. The smallest absolute Gasteiger partial charge is 0.407 e. The van der Waals surface area contributed by atoms with E-state index in [2.05, 4.69) is 10.6 Å². The van der Waals surface area contributed by atoms with Gasteiger partial charge >= 0.3 is 18.2 Å². The van der Waals surface area contributed by atoms with Gasteiger partial charge in [-0.25, -0.2) is 9.59 Å². The second kappa shape index (κ2) is 11.9. The summed E-state index contributed by atoms with van der Waals surface area (Å²) in [6, 6.07) is 9.05. The van der Waals surface area contributed by atoms with Gasteiger partial charge in [-0.3, -0.25) is 4.79 Å². The minimum absolute atomic E-state index is 0.0879. The van der Waals surface area contributed by atoms with Crippen molar-refractivity contribution in [1.82, 2.24) is 10.6 Å². The van der Waals surface area contributed by atoms with Gasteiger partial charge < -0.3 is 24.8 Å². The van der Waals surface area contributed by atoms with Crippen molar-refractivity contribution in [3.63, 3.8) is 0 Å². The summed E-state index contributed by atoms with van der Waals surface area (Å²) in [6.45, 7) is 7.82. The van der Waals surface area contributed by atoms with Crippen LogP contribution < -0.4 is 10.6 Å². The number of rotatable bonds is 10. The lowest BCUT2D eigenvalue weighted by Gasteiger charge is -2.45. The van der Waals surface area contributed by atoms with Crippen LogP contribution in [0.15, 0.2) is 30.3 Å². The Morgan fingerprint density at radius 3 is 2.30 bits per heavy atom. The zero-order valence-electron chi connectivity index (χ0n) is 20.4. The minimum Gasteiger partial charge on any atom is -0.469 e. The Morgan fingerprint density at radius 2 is 1.76 bits per heavy atom. The molecule has 1 aromatic carbocycles. The molecule has 0 aromatic heterocycles. The quantitative estimate of drug-likeness (QED) is 0.390. The first-order valence-electron chi connectivity index (χ1n) is 11.6. The summed E-state index contributed by atoms with van der Waals surface area (Å²) in [5, 5.41) is 5.59. The van der Waals surface area contributed by atoms with Gasteiger partial charge in [-0.15, -0.1) is 0 Å². The number of carbonyl (C=O) groups is 3. The van der Waals surface area contributed by atoms with Crippen LogP contribution in [0.2, 0.25) is 0 Å². The highest BCUT2D eigenvalue weighted by atomic mass is 16.6. The van der Waals surface area contributed by atoms with E-state index in [4.69, 9.17) is 14.2 Å². The first-order valence-corrected chi connectivity index (χ1v) is 11.6. The van der Waals surface area contributed by atoms with E-state index in [1.54, 1.807) is 27.7 Å². The lowest BCUT2D eigenvalue weighted by Crippen LogP contribution is -2.47. The van der Waals surface area contributed by atoms with E-state index in [1.165, 1.54) is 7.11 Å². The van der Waals surface area contributed by atoms with E-state index in [1.807, 2.05) is 30.3 Å². The maximum absolute atomic E-state index is 12.5. The van der Waals surface area contributed by atoms with Gasteiger partial charge in [-0.05, 0) is 64.4 Å². The molecular formula is C25H38N2O6. The fraction of sp³-hybridized carbons (Fsp3) is 0.640. The molecule has 0 radical (unpaired) electrons. The number of hydrogen-bond donors (Lipinski definition) is 2. The average molecular weight is 463 g/mol. The molecule has 1 aliphatic rings. The second-order valence-corrected chi connectivity index (χ2v) is 9.86. The monoisotopic (exact) mass is 462 g/mol. The molecule has 8 nitrogen and oxygen atoms in total. The highest BCUT2D eigenvalue weighted by Crippen LogP contribution is 2.49. The Hall–Kier alpha value is -2.77. The van der Waals surface area contributed by atoms with Crippen LogP contribution in [-0.4, -0.2) is 43.5 Å². The molecule has 2 rings (SSSR count). The van der Waals surface area contributed by atoms with E-state index in [-0.39, 0.29) is 18.0 Å². The molecule has 2 N–H and O–H groups in total. The topological polar surface area (TPSA) is 103 Å². The molecule has 0 unspecified atom stereocenters. The highest BCUT2D eigenvalue weighted by Gasteiger charge is 2.42. The molecule has 2 atom stereocenters. The Balaban J connectivity index is 1.87. The summed E-state index contributed by atoms with van der Waals surface area (Å²) < 4.78 is 15.6. The van der Waals surface area contributed by atoms with Gasteiger partial charge in [0.1, 0.15) is 12.2 Å². The van der Waals surface area contributed by atoms with Crippen LogP contribution in [0.25, 0.3) is 0 Å². The van der Waals surface area contributed by atoms with Crippen molar-refractivity contribution in [2.45, 2.75) is 78.0 Å². The number of amides is 2. The van der Waals surface area contributed by atoms with Gasteiger partial charge in [0.2, 0.25) is 0 Å². The number of nitrogens with one attached hydrogen (secondary N) is 2. The van der Waals surface area contributed by atoms with Gasteiger partial charge in [0, 0.05) is 12.6 Å². The third-order valence-electron chi connectivity index (χ3n) is 6.06. The Morgan fingerprint density at radius 1 is 1.09 bits per heavy atom. The van der Waals surface area contributed by atoms with Crippen molar-refractivity contribution in [3.8, 4) is 0 Å². The molecular weight excluding hydrogens is 424 g/mol. The average Bonchev–Trinajstić information content (AvgIpc) is 2.72. The second-order valence-electron chi connectivity index (χ2n) is 9.86. The summed E-state index contributed by atoms with van der Waals surface area (Å²) in [5.74, 6) is -0.868. The standard InChI is InChI=1S/C25H38N2O6/c1-18(27-23(30)33-24(2,3)4)20(21(28)31-5)16-25(12-9-13-25)14-15-26-22(29)32-17-19-10-7-6-8-11-19/h6-8,10-11,18,20H,9,12-17H2,1-5H3,(H,26,29)(H,27,30)/t18-,20+/m1/s1. The van der Waals surface area contributed by atoms with Crippen LogP contribution in [0, 0.1) is 11.3 Å². The van der Waals surface area contributed by atoms with Crippen molar-refractivity contribution in [2.75, 3.05) is 13.7 Å². The maximum Gasteiger partial charge on any atom is 0.407 e. The number of alkyl carbamates (subject to hydrolysis) is 2. The Kier molecular flexibility index (Phi) is 9.56. The maximum atomic E-state index is 12.5. The molecule has 0 saturated heterocycles. The number of benzene rings is 1. The first-order chi connectivity index (χ1) is 15.5. The van der Waals surface area contributed by atoms with Gasteiger partial charge in [0.25, 0.3) is 0 Å². The van der Waals surface area contributed by atoms with Crippen molar-refractivity contribution in [1.29, 1.82) is 0 Å². The Labute approximate surface area is 196 Å². The molecule has 1 saturated carbocycles. The predicted octanol–water partition coefficient (Wildman–Crippen LogP) is 4.57. The van der Waals surface area contributed by atoms with Crippen LogP contribution in [0.4, 0.5) is 9.59 Å². The molecule has 8 heteroatoms. The Bertz CT molecular complexity index is 786. The largest absolute Gasteiger partial charge is 0.469 e. The highest BCUT2D eigenvalue weighted by molar-refractivity contribution is 5.75. The normalized spacial score (nSPS) is 16.5. The number of esters is 1. The van der Waals surface area contributed by atoms with E-state index in [9.17, 15) is 14.4 Å². The predicted molar refractivity (Wildman–Crippen MR) is 124 cm³/mol. The molecule has 0 aliphatic heterocycles. The summed E-state index contributed by atoms with van der Waals surface area (Å²) >= 11 is 0.